The van der Waals surface area contributed by atoms with Gasteiger partial charge in [-0.15, -0.1) is 11.3 Å². The summed E-state index contributed by atoms with van der Waals surface area (Å²) in [6.07, 6.45) is 1.39. The van der Waals surface area contributed by atoms with Crippen LogP contribution < -0.4 is 0 Å². The largest absolute Gasteiger partial charge is 0.293 e. The molecule has 1 aromatic heterocycles. The minimum Gasteiger partial charge on any atom is -0.293 e. The molecule has 1 heterocycles. The maximum absolute atomic E-state index is 12.0. The molecule has 0 bridgehead atoms. The Kier molecular flexibility index (Phi) is 4.13. The molecule has 0 aliphatic heterocycles. The first-order valence-electron chi connectivity index (χ1n) is 5.49. The first kappa shape index (κ1) is 12.5. The van der Waals surface area contributed by atoms with Crippen molar-refractivity contribution in [2.24, 2.45) is 0 Å². The summed E-state index contributed by atoms with van der Waals surface area (Å²) in [5.41, 5.74) is 2.51. The van der Waals surface area contributed by atoms with E-state index in [4.69, 9.17) is 0 Å². The first-order chi connectivity index (χ1) is 8.18. The van der Waals surface area contributed by atoms with Crippen LogP contribution >= 0.6 is 27.3 Å². The van der Waals surface area contributed by atoms with E-state index in [2.05, 4.69) is 35.0 Å². The van der Waals surface area contributed by atoms with Crippen LogP contribution in [0.2, 0.25) is 0 Å². The topological polar surface area (TPSA) is 17.1 Å². The molecule has 2 aromatic rings. The standard InChI is InChI=1S/C14H13BrOS/c1-10-4-2-3-5-11(10)6-7-13(16)14-12(15)8-9-17-14/h2-5,8-9H,6-7H2,1H3. The predicted octanol–water partition coefficient (Wildman–Crippen LogP) is 4.63. The fourth-order valence-electron chi connectivity index (χ4n) is 1.75. The average Bonchev–Trinajstić information content (AvgIpc) is 2.74. The van der Waals surface area contributed by atoms with Crippen LogP contribution in [0, 0.1) is 6.92 Å². The van der Waals surface area contributed by atoms with Crippen LogP contribution in [0.3, 0.4) is 0 Å². The molecule has 0 atom stereocenters. The van der Waals surface area contributed by atoms with Gasteiger partial charge in [0.05, 0.1) is 4.88 Å². The van der Waals surface area contributed by atoms with Crippen molar-refractivity contribution >= 4 is 33.0 Å². The molecule has 0 aliphatic rings. The smallest absolute Gasteiger partial charge is 0.174 e. The molecule has 0 spiro atoms. The van der Waals surface area contributed by atoms with Gasteiger partial charge in [0.15, 0.2) is 5.78 Å². The van der Waals surface area contributed by atoms with Crippen molar-refractivity contribution in [3.8, 4) is 0 Å². The Morgan fingerprint density at radius 1 is 1.29 bits per heavy atom. The van der Waals surface area contributed by atoms with Gasteiger partial charge in [0.25, 0.3) is 0 Å². The van der Waals surface area contributed by atoms with Crippen LogP contribution in [-0.4, -0.2) is 5.78 Å². The lowest BCUT2D eigenvalue weighted by Gasteiger charge is -2.04. The van der Waals surface area contributed by atoms with Crippen molar-refractivity contribution in [1.29, 1.82) is 0 Å². The molecule has 0 fully saturated rings. The number of thiophene rings is 1. The Labute approximate surface area is 114 Å². The van der Waals surface area contributed by atoms with Crippen LogP contribution in [-0.2, 0) is 6.42 Å². The third-order valence-corrected chi connectivity index (χ3v) is 4.63. The predicted molar refractivity (Wildman–Crippen MR) is 75.8 cm³/mol. The molecule has 0 N–H and O–H groups in total. The molecule has 17 heavy (non-hydrogen) atoms. The second kappa shape index (κ2) is 5.61. The van der Waals surface area contributed by atoms with Crippen molar-refractivity contribution in [2.45, 2.75) is 19.8 Å². The minimum absolute atomic E-state index is 0.218. The SMILES string of the molecule is Cc1ccccc1CCC(=O)c1sccc1Br. The normalized spacial score (nSPS) is 10.5. The molecule has 1 aromatic carbocycles. The molecule has 0 aliphatic carbocycles. The summed E-state index contributed by atoms with van der Waals surface area (Å²) in [4.78, 5) is 12.8. The molecule has 88 valence electrons. The monoisotopic (exact) mass is 308 g/mol. The lowest BCUT2D eigenvalue weighted by Crippen LogP contribution is -2.00. The van der Waals surface area contributed by atoms with Crippen LogP contribution in [0.5, 0.6) is 0 Å². The van der Waals surface area contributed by atoms with E-state index >= 15 is 0 Å². The molecule has 0 unspecified atom stereocenters. The Morgan fingerprint density at radius 3 is 2.71 bits per heavy atom. The van der Waals surface area contributed by atoms with Crippen LogP contribution in [0.4, 0.5) is 0 Å². The van der Waals surface area contributed by atoms with E-state index in [1.165, 1.54) is 22.5 Å². The fraction of sp³-hybridized carbons (Fsp3) is 0.214. The molecule has 0 radical (unpaired) electrons. The van der Waals surface area contributed by atoms with E-state index in [1.54, 1.807) is 0 Å². The van der Waals surface area contributed by atoms with Crippen molar-refractivity contribution in [3.63, 3.8) is 0 Å². The van der Waals surface area contributed by atoms with Gasteiger partial charge >= 0.3 is 0 Å². The number of carbonyl (C=O) groups excluding carboxylic acids is 1. The number of benzene rings is 1. The lowest BCUT2D eigenvalue weighted by molar-refractivity contribution is 0.0986. The number of halogens is 1. The summed E-state index contributed by atoms with van der Waals surface area (Å²) in [5.74, 6) is 0.218. The maximum atomic E-state index is 12.0. The molecule has 1 nitrogen and oxygen atoms in total. The van der Waals surface area contributed by atoms with Crippen molar-refractivity contribution in [2.75, 3.05) is 0 Å². The van der Waals surface area contributed by atoms with Crippen LogP contribution in [0.25, 0.3) is 0 Å². The lowest BCUT2D eigenvalue weighted by atomic mass is 10.0. The van der Waals surface area contributed by atoms with Gasteiger partial charge in [0.2, 0.25) is 0 Å². The highest BCUT2D eigenvalue weighted by Gasteiger charge is 2.11. The summed E-state index contributed by atoms with van der Waals surface area (Å²) in [7, 11) is 0. The van der Waals surface area contributed by atoms with E-state index in [-0.39, 0.29) is 5.78 Å². The Hall–Kier alpha value is -0.930. The maximum Gasteiger partial charge on any atom is 0.174 e. The summed E-state index contributed by atoms with van der Waals surface area (Å²) in [6, 6.07) is 10.1. The van der Waals surface area contributed by atoms with Gasteiger partial charge in [-0.2, -0.15) is 0 Å². The van der Waals surface area contributed by atoms with Crippen LogP contribution in [0.1, 0.15) is 27.2 Å². The van der Waals surface area contributed by atoms with Crippen LogP contribution in [0.15, 0.2) is 40.2 Å². The molecular weight excluding hydrogens is 296 g/mol. The number of hydrogen-bond acceptors (Lipinski definition) is 2. The molecule has 3 heteroatoms. The van der Waals surface area contributed by atoms with E-state index in [0.717, 1.165) is 15.8 Å². The highest BCUT2D eigenvalue weighted by molar-refractivity contribution is 9.10. The first-order valence-corrected chi connectivity index (χ1v) is 7.16. The summed E-state index contributed by atoms with van der Waals surface area (Å²) in [6.45, 7) is 2.08. The molecule has 0 amide bonds. The van der Waals surface area contributed by atoms with Gasteiger partial charge in [-0.25, -0.2) is 0 Å². The molecule has 2 rings (SSSR count). The molecular formula is C14H13BrOS. The van der Waals surface area contributed by atoms with Gasteiger partial charge in [0.1, 0.15) is 0 Å². The molecule has 0 saturated heterocycles. The number of rotatable bonds is 4. The van der Waals surface area contributed by atoms with Gasteiger partial charge < -0.3 is 0 Å². The number of hydrogen-bond donors (Lipinski definition) is 0. The zero-order chi connectivity index (χ0) is 12.3. The van der Waals surface area contributed by atoms with Gasteiger partial charge in [0, 0.05) is 10.9 Å². The van der Waals surface area contributed by atoms with Crippen molar-refractivity contribution in [3.05, 3.63) is 56.2 Å². The molecule has 0 saturated carbocycles. The number of Topliss-reactive ketones (excluding diaryl/α,β-unsaturated/α-hetero) is 1. The van der Waals surface area contributed by atoms with Gasteiger partial charge in [-0.05, 0) is 51.8 Å². The van der Waals surface area contributed by atoms with Gasteiger partial charge in [-0.3, -0.25) is 4.79 Å². The second-order valence-electron chi connectivity index (χ2n) is 3.95. The number of carbonyl (C=O) groups is 1. The number of aryl methyl sites for hydroxylation is 2. The Morgan fingerprint density at radius 2 is 2.06 bits per heavy atom. The zero-order valence-electron chi connectivity index (χ0n) is 9.57. The fourth-order valence-corrected chi connectivity index (χ4v) is 3.31. The quantitative estimate of drug-likeness (QED) is 0.752. The zero-order valence-corrected chi connectivity index (χ0v) is 12.0. The van der Waals surface area contributed by atoms with Gasteiger partial charge in [-0.1, -0.05) is 24.3 Å². The highest BCUT2D eigenvalue weighted by atomic mass is 79.9. The van der Waals surface area contributed by atoms with E-state index < -0.39 is 0 Å². The second-order valence-corrected chi connectivity index (χ2v) is 5.72. The van der Waals surface area contributed by atoms with E-state index in [9.17, 15) is 4.79 Å². The highest BCUT2D eigenvalue weighted by Crippen LogP contribution is 2.24. The Bertz CT molecular complexity index is 531. The summed E-state index contributed by atoms with van der Waals surface area (Å²) < 4.78 is 0.914. The number of ketones is 1. The average molecular weight is 309 g/mol. The summed E-state index contributed by atoms with van der Waals surface area (Å²) >= 11 is 4.90. The van der Waals surface area contributed by atoms with E-state index in [0.29, 0.717) is 6.42 Å². The summed E-state index contributed by atoms with van der Waals surface area (Å²) in [5, 5.41) is 1.94. The Balaban J connectivity index is 2.02. The van der Waals surface area contributed by atoms with Crippen molar-refractivity contribution in [1.82, 2.24) is 0 Å². The van der Waals surface area contributed by atoms with E-state index in [1.807, 2.05) is 23.6 Å². The van der Waals surface area contributed by atoms with Crippen molar-refractivity contribution < 1.29 is 4.79 Å². The minimum atomic E-state index is 0.218. The third kappa shape index (κ3) is 3.05. The third-order valence-electron chi connectivity index (χ3n) is 2.75.